The minimum Gasteiger partial charge on any atom is -0.493 e. The number of aromatic nitrogens is 1. The van der Waals surface area contributed by atoms with Gasteiger partial charge in [0.1, 0.15) is 11.6 Å². The summed E-state index contributed by atoms with van der Waals surface area (Å²) in [4.78, 5) is 16.4. The minimum atomic E-state index is -0.163. The molecule has 7 heteroatoms. The largest absolute Gasteiger partial charge is 0.493 e. The Labute approximate surface area is 157 Å². The van der Waals surface area contributed by atoms with Crippen molar-refractivity contribution in [2.45, 2.75) is 18.9 Å². The molecule has 1 aliphatic heterocycles. The number of halogens is 1. The zero-order valence-electron chi connectivity index (χ0n) is 14.6. The summed E-state index contributed by atoms with van der Waals surface area (Å²) >= 11 is 6.07. The van der Waals surface area contributed by atoms with E-state index >= 15 is 0 Å². The number of carbonyl (C=O) groups is 1. The number of nitrogens with zero attached hydrogens (tertiary/aromatic N) is 1. The van der Waals surface area contributed by atoms with Crippen molar-refractivity contribution in [3.63, 3.8) is 0 Å². The van der Waals surface area contributed by atoms with Gasteiger partial charge in [0.05, 0.1) is 24.8 Å². The topological polar surface area (TPSA) is 72.5 Å². The molecule has 2 heterocycles. The molecular formula is C19H22ClN3O3. The third kappa shape index (κ3) is 4.65. The molecule has 0 saturated carbocycles. The van der Waals surface area contributed by atoms with Crippen LogP contribution in [0.1, 0.15) is 34.8 Å². The molecular weight excluding hydrogens is 354 g/mol. The van der Waals surface area contributed by atoms with E-state index in [0.717, 1.165) is 24.2 Å². The Balaban J connectivity index is 1.68. The average molecular weight is 376 g/mol. The van der Waals surface area contributed by atoms with Gasteiger partial charge < -0.3 is 20.1 Å². The lowest BCUT2D eigenvalue weighted by atomic mass is 10.0. The molecule has 0 fully saturated rings. The molecule has 1 aliphatic rings. The van der Waals surface area contributed by atoms with E-state index in [1.807, 2.05) is 24.3 Å². The van der Waals surface area contributed by atoms with Gasteiger partial charge in [-0.25, -0.2) is 4.98 Å². The number of pyridine rings is 1. The van der Waals surface area contributed by atoms with Crippen LogP contribution in [0, 0.1) is 0 Å². The highest BCUT2D eigenvalue weighted by Crippen LogP contribution is 2.35. The fourth-order valence-electron chi connectivity index (χ4n) is 2.86. The van der Waals surface area contributed by atoms with Gasteiger partial charge in [-0.15, -0.1) is 0 Å². The number of rotatable bonds is 6. The molecule has 2 aromatic rings. The molecule has 2 N–H and O–H groups in total. The maximum absolute atomic E-state index is 12.0. The molecule has 0 saturated heterocycles. The first-order valence-electron chi connectivity index (χ1n) is 8.59. The molecule has 1 aromatic carbocycles. The van der Waals surface area contributed by atoms with Crippen LogP contribution in [0.25, 0.3) is 0 Å². The van der Waals surface area contributed by atoms with Gasteiger partial charge in [-0.2, -0.15) is 0 Å². The van der Waals surface area contributed by atoms with Crippen LogP contribution in [0.5, 0.6) is 5.75 Å². The third-order valence-electron chi connectivity index (χ3n) is 4.19. The first-order valence-corrected chi connectivity index (χ1v) is 8.97. The first-order chi connectivity index (χ1) is 12.7. The second kappa shape index (κ2) is 8.87. The van der Waals surface area contributed by atoms with Crippen molar-refractivity contribution in [1.82, 2.24) is 10.3 Å². The summed E-state index contributed by atoms with van der Waals surface area (Å²) in [7, 11) is 1.60. The highest BCUT2D eigenvalue weighted by atomic mass is 35.5. The zero-order chi connectivity index (χ0) is 18.4. The monoisotopic (exact) mass is 375 g/mol. The summed E-state index contributed by atoms with van der Waals surface area (Å²) in [5.41, 5.74) is 1.58. The van der Waals surface area contributed by atoms with Crippen molar-refractivity contribution in [3.05, 3.63) is 52.7 Å². The molecule has 6 nitrogen and oxygen atoms in total. The quantitative estimate of drug-likeness (QED) is 0.757. The predicted molar refractivity (Wildman–Crippen MR) is 101 cm³/mol. The number of hydrogen-bond acceptors (Lipinski definition) is 5. The van der Waals surface area contributed by atoms with Gasteiger partial charge >= 0.3 is 0 Å². The van der Waals surface area contributed by atoms with Gasteiger partial charge in [-0.1, -0.05) is 17.7 Å². The number of ether oxygens (including phenoxy) is 2. The van der Waals surface area contributed by atoms with Crippen molar-refractivity contribution in [2.75, 3.05) is 32.2 Å². The summed E-state index contributed by atoms with van der Waals surface area (Å²) in [6, 6.07) is 9.35. The van der Waals surface area contributed by atoms with Gasteiger partial charge in [0, 0.05) is 30.4 Å². The molecule has 0 bridgehead atoms. The highest BCUT2D eigenvalue weighted by Gasteiger charge is 2.20. The summed E-state index contributed by atoms with van der Waals surface area (Å²) < 4.78 is 10.7. The smallest absolute Gasteiger partial charge is 0.252 e. The van der Waals surface area contributed by atoms with Crippen molar-refractivity contribution in [1.29, 1.82) is 0 Å². The molecule has 1 amide bonds. The molecule has 3 rings (SSSR count). The number of anilines is 1. The molecule has 0 spiro atoms. The Morgan fingerprint density at radius 1 is 1.38 bits per heavy atom. The van der Waals surface area contributed by atoms with E-state index in [0.29, 0.717) is 36.2 Å². The Morgan fingerprint density at radius 2 is 2.27 bits per heavy atom. The number of fused-ring (bicyclic) bond motifs is 1. The van der Waals surface area contributed by atoms with Crippen molar-refractivity contribution < 1.29 is 14.3 Å². The van der Waals surface area contributed by atoms with Crippen molar-refractivity contribution in [3.8, 4) is 5.75 Å². The van der Waals surface area contributed by atoms with Gasteiger partial charge in [-0.3, -0.25) is 4.79 Å². The van der Waals surface area contributed by atoms with Crippen LogP contribution in [0.4, 0.5) is 5.82 Å². The zero-order valence-corrected chi connectivity index (χ0v) is 15.4. The van der Waals surface area contributed by atoms with E-state index in [1.165, 1.54) is 0 Å². The van der Waals surface area contributed by atoms with Crippen LogP contribution in [0.15, 0.2) is 36.5 Å². The summed E-state index contributed by atoms with van der Waals surface area (Å²) in [5, 5.41) is 6.86. The second-order valence-corrected chi connectivity index (χ2v) is 6.49. The highest BCUT2D eigenvalue weighted by molar-refractivity contribution is 6.30. The number of hydrogen-bond donors (Lipinski definition) is 2. The standard InChI is InChI=1S/C19H22ClN3O3/c1-25-10-8-21-19(24)13-4-7-18(22-12-13)23-16-3-2-9-26-17-11-14(20)5-6-15(16)17/h4-7,11-12,16H,2-3,8-10H2,1H3,(H,21,24)(H,22,23). The van der Waals surface area contributed by atoms with Crippen molar-refractivity contribution in [2.24, 2.45) is 0 Å². The van der Waals surface area contributed by atoms with E-state index in [2.05, 4.69) is 15.6 Å². The normalized spacial score (nSPS) is 16.2. The molecule has 0 radical (unpaired) electrons. The predicted octanol–water partition coefficient (Wildman–Crippen LogP) is 3.44. The maximum Gasteiger partial charge on any atom is 0.252 e. The average Bonchev–Trinajstić information content (AvgIpc) is 2.84. The van der Waals surface area contributed by atoms with Crippen LogP contribution >= 0.6 is 11.6 Å². The van der Waals surface area contributed by atoms with Gasteiger partial charge in [0.2, 0.25) is 0 Å². The van der Waals surface area contributed by atoms with E-state index in [4.69, 9.17) is 21.1 Å². The summed E-state index contributed by atoms with van der Waals surface area (Å²) in [6.07, 6.45) is 3.43. The van der Waals surface area contributed by atoms with E-state index in [1.54, 1.807) is 19.4 Å². The molecule has 26 heavy (non-hydrogen) atoms. The number of nitrogens with one attached hydrogen (secondary N) is 2. The van der Waals surface area contributed by atoms with Crippen LogP contribution in [0.2, 0.25) is 5.02 Å². The summed E-state index contributed by atoms with van der Waals surface area (Å²) in [5.74, 6) is 1.36. The number of amides is 1. The third-order valence-corrected chi connectivity index (χ3v) is 4.42. The van der Waals surface area contributed by atoms with Crippen LogP contribution in [-0.2, 0) is 4.74 Å². The van der Waals surface area contributed by atoms with Crippen LogP contribution < -0.4 is 15.4 Å². The first kappa shape index (κ1) is 18.5. The van der Waals surface area contributed by atoms with E-state index in [-0.39, 0.29) is 11.9 Å². The van der Waals surface area contributed by atoms with E-state index < -0.39 is 0 Å². The SMILES string of the molecule is COCCNC(=O)c1ccc(NC2CCCOc3cc(Cl)ccc32)nc1. The fourth-order valence-corrected chi connectivity index (χ4v) is 3.02. The number of methoxy groups -OCH3 is 1. The van der Waals surface area contributed by atoms with Crippen LogP contribution in [0.3, 0.4) is 0 Å². The van der Waals surface area contributed by atoms with E-state index in [9.17, 15) is 4.79 Å². The fraction of sp³-hybridized carbons (Fsp3) is 0.368. The Morgan fingerprint density at radius 3 is 3.04 bits per heavy atom. The van der Waals surface area contributed by atoms with Gasteiger partial charge in [0.15, 0.2) is 0 Å². The van der Waals surface area contributed by atoms with Crippen LogP contribution in [-0.4, -0.2) is 37.8 Å². The lowest BCUT2D eigenvalue weighted by Crippen LogP contribution is -2.27. The lowest BCUT2D eigenvalue weighted by molar-refractivity contribution is 0.0937. The molecule has 1 atom stereocenters. The maximum atomic E-state index is 12.0. The minimum absolute atomic E-state index is 0.0821. The molecule has 138 valence electrons. The summed E-state index contributed by atoms with van der Waals surface area (Å²) in [6.45, 7) is 1.61. The number of benzene rings is 1. The second-order valence-electron chi connectivity index (χ2n) is 6.05. The Hall–Kier alpha value is -2.31. The van der Waals surface area contributed by atoms with Gasteiger partial charge in [-0.05, 0) is 37.1 Å². The molecule has 1 unspecified atom stereocenters. The van der Waals surface area contributed by atoms with Gasteiger partial charge in [0.25, 0.3) is 5.91 Å². The number of carbonyl (C=O) groups excluding carboxylic acids is 1. The Kier molecular flexibility index (Phi) is 6.30. The molecule has 1 aromatic heterocycles. The van der Waals surface area contributed by atoms with Crippen molar-refractivity contribution >= 4 is 23.3 Å². The Bertz CT molecular complexity index is 752. The lowest BCUT2D eigenvalue weighted by Gasteiger charge is -2.19. The molecule has 0 aliphatic carbocycles.